The molecule has 2 aromatic rings. The Morgan fingerprint density at radius 1 is 1.38 bits per heavy atom. The summed E-state index contributed by atoms with van der Waals surface area (Å²) in [6.07, 6.45) is 3.60. The van der Waals surface area contributed by atoms with Crippen LogP contribution >= 0.6 is 12.4 Å². The Labute approximate surface area is 147 Å². The van der Waals surface area contributed by atoms with Crippen LogP contribution in [-0.2, 0) is 0 Å². The molecule has 1 amide bonds. The number of carbonyl (C=O) groups is 1. The Bertz CT molecular complexity index is 718. The fourth-order valence-corrected chi connectivity index (χ4v) is 3.05. The number of carbonyl (C=O) groups excluding carboxylic acids is 1. The van der Waals surface area contributed by atoms with Crippen molar-refractivity contribution >= 4 is 18.3 Å². The number of nitrogens with zero attached hydrogens (tertiary/aromatic N) is 3. The van der Waals surface area contributed by atoms with Crippen LogP contribution in [-0.4, -0.2) is 46.8 Å². The van der Waals surface area contributed by atoms with Gasteiger partial charge in [0, 0.05) is 19.1 Å². The minimum Gasteiger partial charge on any atom is -0.337 e. The second-order valence-corrected chi connectivity index (χ2v) is 5.89. The minimum atomic E-state index is -0.356. The fraction of sp³-hybridized carbons (Fsp3) is 0.412. The lowest BCUT2D eigenvalue weighted by Crippen LogP contribution is -2.47. The number of halogens is 2. The molecule has 1 aromatic carbocycles. The van der Waals surface area contributed by atoms with Crippen molar-refractivity contribution < 1.29 is 9.18 Å². The summed E-state index contributed by atoms with van der Waals surface area (Å²) >= 11 is 0. The van der Waals surface area contributed by atoms with Crippen molar-refractivity contribution in [1.29, 1.82) is 0 Å². The van der Waals surface area contributed by atoms with Crippen molar-refractivity contribution in [3.8, 4) is 5.69 Å². The van der Waals surface area contributed by atoms with Crippen LogP contribution in [0.1, 0.15) is 28.9 Å². The summed E-state index contributed by atoms with van der Waals surface area (Å²) < 4.78 is 15.4. The summed E-state index contributed by atoms with van der Waals surface area (Å²) in [5.74, 6) is -0.393. The Balaban J connectivity index is 0.00000208. The van der Waals surface area contributed by atoms with Gasteiger partial charge in [-0.3, -0.25) is 4.79 Å². The van der Waals surface area contributed by atoms with E-state index in [1.165, 1.54) is 16.9 Å². The summed E-state index contributed by atoms with van der Waals surface area (Å²) in [6.45, 7) is 3.24. The van der Waals surface area contributed by atoms with Gasteiger partial charge in [-0.2, -0.15) is 5.10 Å². The van der Waals surface area contributed by atoms with Gasteiger partial charge in [0.05, 0.1) is 17.5 Å². The molecule has 1 unspecified atom stereocenters. The maximum atomic E-state index is 14.0. The predicted octanol–water partition coefficient (Wildman–Crippen LogP) is 2.57. The molecule has 0 saturated carbocycles. The zero-order valence-corrected chi connectivity index (χ0v) is 14.6. The standard InChI is InChI=1S/C17H21FN4O.ClH/c1-12-14(17(23)21-9-5-6-13(11-21)19-2)10-20-22(12)16-8-4-3-7-15(16)18;/h3-4,7-8,10,13,19H,5-6,9,11H2,1-2H3;1H. The highest BCUT2D eigenvalue weighted by molar-refractivity contribution is 5.95. The number of nitrogens with one attached hydrogen (secondary N) is 1. The zero-order valence-electron chi connectivity index (χ0n) is 13.8. The number of likely N-dealkylation sites (N-methyl/N-ethyl adjacent to an activating group) is 1. The Morgan fingerprint density at radius 2 is 2.12 bits per heavy atom. The van der Waals surface area contributed by atoms with Crippen LogP contribution in [0.25, 0.3) is 5.69 Å². The van der Waals surface area contributed by atoms with Crippen LogP contribution in [0.4, 0.5) is 4.39 Å². The summed E-state index contributed by atoms with van der Waals surface area (Å²) in [6, 6.07) is 6.76. The van der Waals surface area contributed by atoms with Crippen LogP contribution in [0.2, 0.25) is 0 Å². The molecule has 130 valence electrons. The van der Waals surface area contributed by atoms with E-state index in [4.69, 9.17) is 0 Å². The zero-order chi connectivity index (χ0) is 16.4. The molecule has 5 nitrogen and oxygen atoms in total. The van der Waals surface area contributed by atoms with E-state index in [-0.39, 0.29) is 24.1 Å². The SMILES string of the molecule is CNC1CCCN(C(=O)c2cnn(-c3ccccc3F)c2C)C1.Cl. The van der Waals surface area contributed by atoms with Gasteiger partial charge in [0.25, 0.3) is 5.91 Å². The first kappa shape index (κ1) is 18.4. The summed E-state index contributed by atoms with van der Waals surface area (Å²) in [7, 11) is 1.92. The molecular formula is C17H22ClFN4O. The van der Waals surface area contributed by atoms with Crippen molar-refractivity contribution in [1.82, 2.24) is 20.0 Å². The van der Waals surface area contributed by atoms with Crippen LogP contribution in [0, 0.1) is 12.7 Å². The van der Waals surface area contributed by atoms with Crippen molar-refractivity contribution in [2.45, 2.75) is 25.8 Å². The first-order valence-corrected chi connectivity index (χ1v) is 7.88. The second-order valence-electron chi connectivity index (χ2n) is 5.89. The molecule has 1 aliphatic heterocycles. The molecule has 0 radical (unpaired) electrons. The van der Waals surface area contributed by atoms with E-state index in [1.807, 2.05) is 11.9 Å². The van der Waals surface area contributed by atoms with E-state index in [1.54, 1.807) is 25.1 Å². The highest BCUT2D eigenvalue weighted by atomic mass is 35.5. The number of para-hydroxylation sites is 1. The number of hydrogen-bond donors (Lipinski definition) is 1. The molecule has 1 aromatic heterocycles. The van der Waals surface area contributed by atoms with Crippen LogP contribution in [0.15, 0.2) is 30.5 Å². The van der Waals surface area contributed by atoms with Gasteiger partial charge in [-0.25, -0.2) is 9.07 Å². The molecule has 0 spiro atoms. The van der Waals surface area contributed by atoms with Crippen LogP contribution < -0.4 is 5.32 Å². The number of likely N-dealkylation sites (tertiary alicyclic amines) is 1. The van der Waals surface area contributed by atoms with Gasteiger partial charge in [-0.15, -0.1) is 12.4 Å². The van der Waals surface area contributed by atoms with Gasteiger partial charge < -0.3 is 10.2 Å². The molecule has 7 heteroatoms. The lowest BCUT2D eigenvalue weighted by Gasteiger charge is -2.32. The van der Waals surface area contributed by atoms with Gasteiger partial charge >= 0.3 is 0 Å². The smallest absolute Gasteiger partial charge is 0.257 e. The fourth-order valence-electron chi connectivity index (χ4n) is 3.05. The first-order valence-electron chi connectivity index (χ1n) is 7.88. The number of amides is 1. The van der Waals surface area contributed by atoms with Crippen LogP contribution in [0.3, 0.4) is 0 Å². The van der Waals surface area contributed by atoms with E-state index in [0.717, 1.165) is 19.4 Å². The monoisotopic (exact) mass is 352 g/mol. The highest BCUT2D eigenvalue weighted by Gasteiger charge is 2.26. The number of aromatic nitrogens is 2. The summed E-state index contributed by atoms with van der Waals surface area (Å²) in [5.41, 5.74) is 1.55. The molecule has 0 bridgehead atoms. The normalized spacial score (nSPS) is 17.5. The topological polar surface area (TPSA) is 50.2 Å². The average Bonchev–Trinajstić information content (AvgIpc) is 2.96. The second kappa shape index (κ2) is 7.77. The van der Waals surface area contributed by atoms with Gasteiger partial charge in [-0.05, 0) is 38.9 Å². The van der Waals surface area contributed by atoms with Gasteiger partial charge in [0.1, 0.15) is 11.5 Å². The van der Waals surface area contributed by atoms with Crippen molar-refractivity contribution in [3.05, 3.63) is 47.5 Å². The number of rotatable bonds is 3. The summed E-state index contributed by atoms with van der Waals surface area (Å²) in [5, 5.41) is 7.44. The molecular weight excluding hydrogens is 331 g/mol. The minimum absolute atomic E-state index is 0. The first-order chi connectivity index (χ1) is 11.1. The molecule has 3 rings (SSSR count). The van der Waals surface area contributed by atoms with E-state index in [9.17, 15) is 9.18 Å². The number of piperidine rings is 1. The Morgan fingerprint density at radius 3 is 2.83 bits per heavy atom. The lowest BCUT2D eigenvalue weighted by atomic mass is 10.0. The van der Waals surface area contributed by atoms with Gasteiger partial charge in [0.15, 0.2) is 0 Å². The van der Waals surface area contributed by atoms with Crippen molar-refractivity contribution in [2.75, 3.05) is 20.1 Å². The van der Waals surface area contributed by atoms with E-state index >= 15 is 0 Å². The lowest BCUT2D eigenvalue weighted by molar-refractivity contribution is 0.0697. The molecule has 0 aliphatic carbocycles. The number of hydrogen-bond acceptors (Lipinski definition) is 3. The van der Waals surface area contributed by atoms with Gasteiger partial charge in [-0.1, -0.05) is 12.1 Å². The maximum absolute atomic E-state index is 14.0. The van der Waals surface area contributed by atoms with Crippen LogP contribution in [0.5, 0.6) is 0 Å². The average molecular weight is 353 g/mol. The highest BCUT2D eigenvalue weighted by Crippen LogP contribution is 2.20. The molecule has 1 fully saturated rings. The predicted molar refractivity (Wildman–Crippen MR) is 93.5 cm³/mol. The maximum Gasteiger partial charge on any atom is 0.257 e. The molecule has 1 saturated heterocycles. The Kier molecular flexibility index (Phi) is 5.96. The molecule has 2 heterocycles. The largest absolute Gasteiger partial charge is 0.337 e. The molecule has 1 atom stereocenters. The van der Waals surface area contributed by atoms with E-state index in [2.05, 4.69) is 10.4 Å². The third kappa shape index (κ3) is 3.44. The van der Waals surface area contributed by atoms with E-state index in [0.29, 0.717) is 29.5 Å². The third-order valence-corrected chi connectivity index (χ3v) is 4.44. The van der Waals surface area contributed by atoms with Crippen molar-refractivity contribution in [2.24, 2.45) is 0 Å². The summed E-state index contributed by atoms with van der Waals surface area (Å²) in [4.78, 5) is 14.6. The number of benzene rings is 1. The third-order valence-electron chi connectivity index (χ3n) is 4.44. The van der Waals surface area contributed by atoms with Gasteiger partial charge in [0.2, 0.25) is 0 Å². The van der Waals surface area contributed by atoms with E-state index < -0.39 is 0 Å². The quantitative estimate of drug-likeness (QED) is 0.923. The van der Waals surface area contributed by atoms with Crippen molar-refractivity contribution in [3.63, 3.8) is 0 Å². The Hall–Kier alpha value is -1.92. The molecule has 1 aliphatic rings. The molecule has 24 heavy (non-hydrogen) atoms. The molecule has 1 N–H and O–H groups in total.